The summed E-state index contributed by atoms with van der Waals surface area (Å²) in [6.45, 7) is 0. The number of amides is 1. The first-order valence-electron chi connectivity index (χ1n) is 8.66. The molecule has 0 bridgehead atoms. The lowest BCUT2D eigenvalue weighted by atomic mass is 10.1. The molecule has 8 heteroatoms. The van der Waals surface area contributed by atoms with Gasteiger partial charge in [-0.1, -0.05) is 0 Å². The SMILES string of the molecule is COc1ccc(-c2cncc(C(=O)NN=Cc3cc(OC)cc(OC)c3)n2)cc1. The highest BCUT2D eigenvalue weighted by molar-refractivity contribution is 5.93. The number of aromatic nitrogens is 2. The summed E-state index contributed by atoms with van der Waals surface area (Å²) in [6.07, 6.45) is 4.46. The molecule has 0 spiro atoms. The van der Waals surface area contributed by atoms with E-state index in [1.54, 1.807) is 45.7 Å². The van der Waals surface area contributed by atoms with Gasteiger partial charge in [-0.25, -0.2) is 10.4 Å². The van der Waals surface area contributed by atoms with Crippen LogP contribution >= 0.6 is 0 Å². The number of hydrazone groups is 1. The highest BCUT2D eigenvalue weighted by atomic mass is 16.5. The van der Waals surface area contributed by atoms with E-state index in [0.29, 0.717) is 22.8 Å². The van der Waals surface area contributed by atoms with Crippen molar-refractivity contribution in [3.8, 4) is 28.5 Å². The van der Waals surface area contributed by atoms with Gasteiger partial charge in [0.05, 0.1) is 45.6 Å². The molecule has 2 aromatic carbocycles. The number of carbonyl (C=O) groups is 1. The van der Waals surface area contributed by atoms with Gasteiger partial charge in [0.15, 0.2) is 0 Å². The third-order valence-electron chi connectivity index (χ3n) is 4.01. The van der Waals surface area contributed by atoms with Gasteiger partial charge in [0, 0.05) is 17.2 Å². The molecule has 0 radical (unpaired) electrons. The van der Waals surface area contributed by atoms with Crippen LogP contribution in [0.2, 0.25) is 0 Å². The standard InChI is InChI=1S/C21H20N4O4/c1-27-16-6-4-15(5-7-16)19-12-22-13-20(24-19)21(26)25-23-11-14-8-17(28-2)10-18(9-14)29-3/h4-13H,1-3H3,(H,25,26). The fraction of sp³-hybridized carbons (Fsp3) is 0.143. The number of hydrogen-bond donors (Lipinski definition) is 1. The van der Waals surface area contributed by atoms with Crippen molar-refractivity contribution in [3.63, 3.8) is 0 Å². The van der Waals surface area contributed by atoms with E-state index < -0.39 is 5.91 Å². The van der Waals surface area contributed by atoms with E-state index in [1.807, 2.05) is 24.3 Å². The Hall–Kier alpha value is -3.94. The Labute approximate surface area is 168 Å². The summed E-state index contributed by atoms with van der Waals surface area (Å²) in [6, 6.07) is 12.6. The number of ether oxygens (including phenoxy) is 3. The summed E-state index contributed by atoms with van der Waals surface area (Å²) in [4.78, 5) is 20.8. The Morgan fingerprint density at radius 2 is 1.59 bits per heavy atom. The summed E-state index contributed by atoms with van der Waals surface area (Å²) in [5, 5.41) is 3.97. The first-order valence-corrected chi connectivity index (χ1v) is 8.66. The summed E-state index contributed by atoms with van der Waals surface area (Å²) in [7, 11) is 4.72. The van der Waals surface area contributed by atoms with E-state index in [1.165, 1.54) is 12.4 Å². The minimum absolute atomic E-state index is 0.152. The fourth-order valence-corrected chi connectivity index (χ4v) is 2.50. The second kappa shape index (κ2) is 9.32. The van der Waals surface area contributed by atoms with E-state index in [2.05, 4.69) is 20.5 Å². The molecule has 0 saturated carbocycles. The van der Waals surface area contributed by atoms with Crippen molar-refractivity contribution in [2.45, 2.75) is 0 Å². The molecule has 1 aromatic heterocycles. The third kappa shape index (κ3) is 5.07. The van der Waals surface area contributed by atoms with Crippen molar-refractivity contribution in [1.82, 2.24) is 15.4 Å². The van der Waals surface area contributed by atoms with Crippen LogP contribution in [0.3, 0.4) is 0 Å². The van der Waals surface area contributed by atoms with E-state index >= 15 is 0 Å². The molecule has 1 amide bonds. The Bertz CT molecular complexity index is 997. The van der Waals surface area contributed by atoms with Crippen molar-refractivity contribution >= 4 is 12.1 Å². The molecule has 8 nitrogen and oxygen atoms in total. The third-order valence-corrected chi connectivity index (χ3v) is 4.01. The minimum Gasteiger partial charge on any atom is -0.497 e. The van der Waals surface area contributed by atoms with Crippen LogP contribution in [0.4, 0.5) is 0 Å². The maximum absolute atomic E-state index is 12.4. The van der Waals surface area contributed by atoms with Gasteiger partial charge in [-0.3, -0.25) is 9.78 Å². The first-order chi connectivity index (χ1) is 14.1. The minimum atomic E-state index is -0.473. The van der Waals surface area contributed by atoms with Crippen molar-refractivity contribution < 1.29 is 19.0 Å². The van der Waals surface area contributed by atoms with Gasteiger partial charge in [0.25, 0.3) is 5.91 Å². The van der Waals surface area contributed by atoms with Crippen LogP contribution < -0.4 is 19.6 Å². The van der Waals surface area contributed by atoms with Crippen LogP contribution in [0.1, 0.15) is 16.1 Å². The molecule has 148 valence electrons. The highest BCUT2D eigenvalue weighted by Crippen LogP contribution is 2.22. The molecule has 0 fully saturated rings. The maximum atomic E-state index is 12.4. The normalized spacial score (nSPS) is 10.6. The molecule has 29 heavy (non-hydrogen) atoms. The zero-order valence-electron chi connectivity index (χ0n) is 16.2. The lowest BCUT2D eigenvalue weighted by Gasteiger charge is -2.06. The molecular weight excluding hydrogens is 372 g/mol. The maximum Gasteiger partial charge on any atom is 0.291 e. The zero-order chi connectivity index (χ0) is 20.6. The lowest BCUT2D eigenvalue weighted by molar-refractivity contribution is 0.0950. The van der Waals surface area contributed by atoms with Crippen molar-refractivity contribution in [2.75, 3.05) is 21.3 Å². The molecular formula is C21H20N4O4. The van der Waals surface area contributed by atoms with E-state index in [4.69, 9.17) is 14.2 Å². The summed E-state index contributed by atoms with van der Waals surface area (Å²) in [5.41, 5.74) is 4.70. The number of methoxy groups -OCH3 is 3. The van der Waals surface area contributed by atoms with E-state index in [0.717, 1.165) is 11.3 Å². The van der Waals surface area contributed by atoms with Crippen molar-refractivity contribution in [1.29, 1.82) is 0 Å². The second-order valence-corrected chi connectivity index (χ2v) is 5.86. The lowest BCUT2D eigenvalue weighted by Crippen LogP contribution is -2.19. The van der Waals surface area contributed by atoms with Crippen LogP contribution in [0.15, 0.2) is 60.0 Å². The number of nitrogens with one attached hydrogen (secondary N) is 1. The van der Waals surface area contributed by atoms with Gasteiger partial charge in [-0.2, -0.15) is 5.10 Å². The van der Waals surface area contributed by atoms with Gasteiger partial charge in [-0.05, 0) is 36.4 Å². The van der Waals surface area contributed by atoms with Gasteiger partial charge < -0.3 is 14.2 Å². The topological polar surface area (TPSA) is 94.9 Å². The molecule has 0 atom stereocenters. The molecule has 0 unspecified atom stereocenters. The van der Waals surface area contributed by atoms with Gasteiger partial charge in [0.2, 0.25) is 0 Å². The average Bonchev–Trinajstić information content (AvgIpc) is 2.78. The summed E-state index contributed by atoms with van der Waals surface area (Å²) < 4.78 is 15.6. The number of benzene rings is 2. The first kappa shape index (κ1) is 19.8. The van der Waals surface area contributed by atoms with Crippen LogP contribution in [0, 0.1) is 0 Å². The Kier molecular flexibility index (Phi) is 6.36. The Morgan fingerprint density at radius 1 is 0.931 bits per heavy atom. The Balaban J connectivity index is 1.72. The number of nitrogens with zero attached hydrogens (tertiary/aromatic N) is 3. The van der Waals surface area contributed by atoms with Crippen LogP contribution in [0.5, 0.6) is 17.2 Å². The Morgan fingerprint density at radius 3 is 2.21 bits per heavy atom. The van der Waals surface area contributed by atoms with Crippen LogP contribution in [-0.4, -0.2) is 43.4 Å². The predicted molar refractivity (Wildman–Crippen MR) is 109 cm³/mol. The van der Waals surface area contributed by atoms with Crippen molar-refractivity contribution in [3.05, 3.63) is 66.1 Å². The molecule has 0 aliphatic rings. The molecule has 3 rings (SSSR count). The van der Waals surface area contributed by atoms with Crippen LogP contribution in [-0.2, 0) is 0 Å². The number of hydrogen-bond acceptors (Lipinski definition) is 7. The van der Waals surface area contributed by atoms with E-state index in [9.17, 15) is 4.79 Å². The van der Waals surface area contributed by atoms with Gasteiger partial charge >= 0.3 is 0 Å². The molecule has 0 saturated heterocycles. The molecule has 3 aromatic rings. The average molecular weight is 392 g/mol. The molecule has 0 aliphatic carbocycles. The highest BCUT2D eigenvalue weighted by Gasteiger charge is 2.09. The molecule has 1 heterocycles. The van der Waals surface area contributed by atoms with Crippen LogP contribution in [0.25, 0.3) is 11.3 Å². The largest absolute Gasteiger partial charge is 0.497 e. The monoisotopic (exact) mass is 392 g/mol. The van der Waals surface area contributed by atoms with E-state index in [-0.39, 0.29) is 5.69 Å². The predicted octanol–water partition coefficient (Wildman–Crippen LogP) is 2.93. The zero-order valence-corrected chi connectivity index (χ0v) is 16.2. The number of carbonyl (C=O) groups excluding carboxylic acids is 1. The van der Waals surface area contributed by atoms with Gasteiger partial charge in [-0.15, -0.1) is 0 Å². The molecule has 0 aliphatic heterocycles. The quantitative estimate of drug-likeness (QED) is 0.491. The summed E-state index contributed by atoms with van der Waals surface area (Å²) >= 11 is 0. The van der Waals surface area contributed by atoms with Gasteiger partial charge in [0.1, 0.15) is 22.9 Å². The fourth-order valence-electron chi connectivity index (χ4n) is 2.50. The second-order valence-electron chi connectivity index (χ2n) is 5.86. The molecule has 1 N–H and O–H groups in total. The number of rotatable bonds is 7. The smallest absolute Gasteiger partial charge is 0.291 e. The van der Waals surface area contributed by atoms with Crippen molar-refractivity contribution in [2.24, 2.45) is 5.10 Å². The summed E-state index contributed by atoms with van der Waals surface area (Å²) in [5.74, 6) is 1.50.